The van der Waals surface area contributed by atoms with Gasteiger partial charge in [-0.15, -0.1) is 11.3 Å². The molecule has 0 aliphatic heterocycles. The van der Waals surface area contributed by atoms with Crippen molar-refractivity contribution in [3.63, 3.8) is 0 Å². The molecule has 138 valence electrons. The van der Waals surface area contributed by atoms with Crippen molar-refractivity contribution >= 4 is 44.5 Å². The molecule has 0 bridgehead atoms. The number of hydrogen-bond donors (Lipinski definition) is 1. The first-order chi connectivity index (χ1) is 13.5. The summed E-state index contributed by atoms with van der Waals surface area (Å²) in [5.74, 6) is 0.553. The largest absolute Gasteiger partial charge is 0.340 e. The van der Waals surface area contributed by atoms with Gasteiger partial charge in [0.1, 0.15) is 17.0 Å². The summed E-state index contributed by atoms with van der Waals surface area (Å²) in [6.45, 7) is 1.52. The Morgan fingerprint density at radius 1 is 1.14 bits per heavy atom. The summed E-state index contributed by atoms with van der Waals surface area (Å²) in [5.41, 5.74) is 2.88. The van der Waals surface area contributed by atoms with Crippen molar-refractivity contribution in [3.8, 4) is 11.1 Å². The standard InChI is InChI=1S/C20H14N4O3S/c1-12(25)13-4-2-6-15(8-13)23-19-18-17(10-28-20(18)22-11-21-19)14-5-3-7-16(9-14)24(26)27/h2-11H,1H3,(H,21,22,23). The minimum absolute atomic E-state index is 0.0238. The lowest BCUT2D eigenvalue weighted by molar-refractivity contribution is -0.384. The number of nitrogens with zero attached hydrogens (tertiary/aromatic N) is 3. The minimum atomic E-state index is -0.416. The van der Waals surface area contributed by atoms with E-state index in [1.165, 1.54) is 36.7 Å². The van der Waals surface area contributed by atoms with Gasteiger partial charge < -0.3 is 5.32 Å². The lowest BCUT2D eigenvalue weighted by atomic mass is 10.1. The predicted molar refractivity (Wildman–Crippen MR) is 109 cm³/mol. The number of nitrogens with one attached hydrogen (secondary N) is 1. The van der Waals surface area contributed by atoms with Crippen LogP contribution in [0.15, 0.2) is 60.2 Å². The number of carbonyl (C=O) groups excluding carboxylic acids is 1. The number of thiophene rings is 1. The maximum Gasteiger partial charge on any atom is 0.270 e. The van der Waals surface area contributed by atoms with Gasteiger partial charge in [-0.1, -0.05) is 24.3 Å². The Balaban J connectivity index is 1.82. The lowest BCUT2D eigenvalue weighted by Crippen LogP contribution is -1.98. The normalized spacial score (nSPS) is 10.8. The summed E-state index contributed by atoms with van der Waals surface area (Å²) in [7, 11) is 0. The molecule has 2 aromatic carbocycles. The summed E-state index contributed by atoms with van der Waals surface area (Å²) in [6.07, 6.45) is 1.47. The van der Waals surface area contributed by atoms with E-state index in [-0.39, 0.29) is 11.5 Å². The second-order valence-corrected chi connectivity index (χ2v) is 6.98. The maximum absolute atomic E-state index is 11.6. The number of nitro groups is 1. The van der Waals surface area contributed by atoms with Crippen molar-refractivity contribution in [1.29, 1.82) is 0 Å². The predicted octanol–water partition coefficient (Wildman–Crippen LogP) is 5.21. The van der Waals surface area contributed by atoms with Crippen LogP contribution in [0.4, 0.5) is 17.2 Å². The van der Waals surface area contributed by atoms with E-state index in [0.29, 0.717) is 11.4 Å². The van der Waals surface area contributed by atoms with Crippen molar-refractivity contribution in [2.24, 2.45) is 0 Å². The molecule has 4 rings (SSSR count). The molecule has 2 aromatic heterocycles. The van der Waals surface area contributed by atoms with Crippen LogP contribution >= 0.6 is 11.3 Å². The van der Waals surface area contributed by atoms with Gasteiger partial charge in [-0.05, 0) is 24.6 Å². The Kier molecular flexibility index (Phi) is 4.54. The van der Waals surface area contributed by atoms with Crippen LogP contribution in [-0.2, 0) is 0 Å². The lowest BCUT2D eigenvalue weighted by Gasteiger charge is -2.09. The van der Waals surface area contributed by atoms with Gasteiger partial charge in [0.15, 0.2) is 5.78 Å². The molecule has 8 heteroatoms. The fourth-order valence-corrected chi connectivity index (χ4v) is 3.84. The van der Waals surface area contributed by atoms with Gasteiger partial charge in [0.2, 0.25) is 0 Å². The van der Waals surface area contributed by atoms with Gasteiger partial charge in [-0.2, -0.15) is 0 Å². The molecular formula is C20H14N4O3S. The average molecular weight is 390 g/mol. The molecular weight excluding hydrogens is 376 g/mol. The van der Waals surface area contributed by atoms with Crippen molar-refractivity contribution in [3.05, 3.63) is 75.9 Å². The molecule has 2 heterocycles. The van der Waals surface area contributed by atoms with Crippen LogP contribution in [-0.4, -0.2) is 20.7 Å². The fraction of sp³-hybridized carbons (Fsp3) is 0.0500. The molecule has 0 spiro atoms. The van der Waals surface area contributed by atoms with E-state index in [2.05, 4.69) is 15.3 Å². The molecule has 1 N–H and O–H groups in total. The summed E-state index contributed by atoms with van der Waals surface area (Å²) in [6, 6.07) is 13.6. The van der Waals surface area contributed by atoms with Gasteiger partial charge >= 0.3 is 0 Å². The number of ketones is 1. The molecule has 0 saturated carbocycles. The van der Waals surface area contributed by atoms with E-state index >= 15 is 0 Å². The Labute approximate surface area is 163 Å². The zero-order chi connectivity index (χ0) is 19.7. The second kappa shape index (κ2) is 7.16. The van der Waals surface area contributed by atoms with Crippen molar-refractivity contribution in [2.75, 3.05) is 5.32 Å². The SMILES string of the molecule is CC(=O)c1cccc(Nc2ncnc3scc(-c4cccc([N+](=O)[O-])c4)c23)c1. The molecule has 0 aliphatic carbocycles. The molecule has 4 aromatic rings. The summed E-state index contributed by atoms with van der Waals surface area (Å²) in [4.78, 5) is 31.8. The van der Waals surface area contributed by atoms with Gasteiger partial charge in [-0.3, -0.25) is 14.9 Å². The zero-order valence-electron chi connectivity index (χ0n) is 14.7. The van der Waals surface area contributed by atoms with E-state index in [4.69, 9.17) is 0 Å². The third-order valence-corrected chi connectivity index (χ3v) is 5.16. The number of hydrogen-bond acceptors (Lipinski definition) is 7. The first-order valence-electron chi connectivity index (χ1n) is 8.38. The third kappa shape index (κ3) is 3.33. The van der Waals surface area contributed by atoms with E-state index < -0.39 is 4.92 Å². The number of nitro benzene ring substituents is 1. The van der Waals surface area contributed by atoms with Crippen LogP contribution in [0.1, 0.15) is 17.3 Å². The quantitative estimate of drug-likeness (QED) is 0.285. The molecule has 7 nitrogen and oxygen atoms in total. The molecule has 28 heavy (non-hydrogen) atoms. The molecule has 0 aliphatic rings. The highest BCUT2D eigenvalue weighted by atomic mass is 32.1. The van der Waals surface area contributed by atoms with Gasteiger partial charge in [-0.25, -0.2) is 9.97 Å². The van der Waals surface area contributed by atoms with Gasteiger partial charge in [0.05, 0.1) is 10.3 Å². The number of benzene rings is 2. The number of Topliss-reactive ketones (excluding diaryl/α,β-unsaturated/α-hetero) is 1. The minimum Gasteiger partial charge on any atom is -0.340 e. The Hall–Kier alpha value is -3.65. The molecule has 0 saturated heterocycles. The second-order valence-electron chi connectivity index (χ2n) is 6.12. The molecule has 0 unspecified atom stereocenters. The summed E-state index contributed by atoms with van der Waals surface area (Å²) in [5, 5.41) is 17.1. The highest BCUT2D eigenvalue weighted by molar-refractivity contribution is 7.17. The van der Waals surface area contributed by atoms with E-state index in [9.17, 15) is 14.9 Å². The van der Waals surface area contributed by atoms with E-state index in [1.54, 1.807) is 24.3 Å². The maximum atomic E-state index is 11.6. The number of aromatic nitrogens is 2. The van der Waals surface area contributed by atoms with Crippen LogP contribution in [0.2, 0.25) is 0 Å². The molecule has 0 radical (unpaired) electrons. The number of carbonyl (C=O) groups is 1. The highest BCUT2D eigenvalue weighted by Crippen LogP contribution is 2.38. The topological polar surface area (TPSA) is 98.0 Å². The monoisotopic (exact) mass is 390 g/mol. The summed E-state index contributed by atoms with van der Waals surface area (Å²) < 4.78 is 0. The van der Waals surface area contributed by atoms with Crippen LogP contribution < -0.4 is 5.32 Å². The smallest absolute Gasteiger partial charge is 0.270 e. The summed E-state index contributed by atoms with van der Waals surface area (Å²) >= 11 is 1.44. The highest BCUT2D eigenvalue weighted by Gasteiger charge is 2.16. The fourth-order valence-electron chi connectivity index (χ4n) is 2.92. The Bertz CT molecular complexity index is 1220. The zero-order valence-corrected chi connectivity index (χ0v) is 15.6. The molecule has 0 fully saturated rings. The van der Waals surface area contributed by atoms with Crippen LogP contribution in [0.25, 0.3) is 21.3 Å². The number of rotatable bonds is 5. The van der Waals surface area contributed by atoms with E-state index in [0.717, 1.165) is 27.0 Å². The van der Waals surface area contributed by atoms with Crippen molar-refractivity contribution in [2.45, 2.75) is 6.92 Å². The van der Waals surface area contributed by atoms with Crippen LogP contribution in [0.3, 0.4) is 0 Å². The van der Waals surface area contributed by atoms with Crippen molar-refractivity contribution < 1.29 is 9.72 Å². The van der Waals surface area contributed by atoms with Crippen LogP contribution in [0.5, 0.6) is 0 Å². The third-order valence-electron chi connectivity index (χ3n) is 4.27. The first kappa shape index (κ1) is 17.7. The van der Waals surface area contributed by atoms with Crippen LogP contribution in [0, 0.1) is 10.1 Å². The van der Waals surface area contributed by atoms with Gasteiger partial charge in [0, 0.05) is 34.3 Å². The van der Waals surface area contributed by atoms with E-state index in [1.807, 2.05) is 17.5 Å². The molecule has 0 atom stereocenters. The molecule has 0 amide bonds. The Morgan fingerprint density at radius 3 is 2.75 bits per heavy atom. The van der Waals surface area contributed by atoms with Gasteiger partial charge in [0.25, 0.3) is 5.69 Å². The average Bonchev–Trinajstić information content (AvgIpc) is 3.13. The van der Waals surface area contributed by atoms with Crippen molar-refractivity contribution in [1.82, 2.24) is 9.97 Å². The number of non-ortho nitro benzene ring substituents is 1. The Morgan fingerprint density at radius 2 is 1.96 bits per heavy atom. The number of anilines is 2. The number of fused-ring (bicyclic) bond motifs is 1. The first-order valence-corrected chi connectivity index (χ1v) is 9.26.